The number of nitrogens with one attached hydrogen (secondary N) is 1. The number of rotatable bonds is 5. The van der Waals surface area contributed by atoms with Gasteiger partial charge in [0.05, 0.1) is 14.2 Å². The zero-order valence-electron chi connectivity index (χ0n) is 12.8. The van der Waals surface area contributed by atoms with Crippen LogP contribution < -0.4 is 31.5 Å². The maximum atomic E-state index is 5.42. The fraction of sp³-hybridized carbons (Fsp3) is 0.294. The number of fused-ring (bicyclic) bond motifs is 1. The second kappa shape index (κ2) is 7.38. The first-order chi connectivity index (χ1) is 10.2. The van der Waals surface area contributed by atoms with Crippen LogP contribution in [0.15, 0.2) is 42.5 Å². The van der Waals surface area contributed by atoms with E-state index in [2.05, 4.69) is 31.3 Å². The molecule has 0 fully saturated rings. The van der Waals surface area contributed by atoms with Gasteiger partial charge in [0, 0.05) is 11.1 Å². The van der Waals surface area contributed by atoms with Crippen molar-refractivity contribution in [1.29, 1.82) is 0 Å². The van der Waals surface area contributed by atoms with Crippen LogP contribution in [0.5, 0.6) is 17.2 Å². The van der Waals surface area contributed by atoms with Crippen LogP contribution in [-0.4, -0.2) is 21.0 Å². The third-order valence-electron chi connectivity index (χ3n) is 3.61. The summed E-state index contributed by atoms with van der Waals surface area (Å²) in [6, 6.07) is 14.4. The molecule has 5 heteroatoms. The average molecular weight is 322 g/mol. The van der Waals surface area contributed by atoms with E-state index in [1.54, 1.807) is 7.11 Å². The summed E-state index contributed by atoms with van der Waals surface area (Å²) in [6.45, 7) is 2.24. The van der Waals surface area contributed by atoms with Crippen LogP contribution >= 0.6 is 0 Å². The Labute approximate surface area is 137 Å². The minimum Gasteiger partial charge on any atom is -1.00 e. The Morgan fingerprint density at radius 2 is 1.59 bits per heavy atom. The van der Waals surface area contributed by atoms with E-state index < -0.39 is 0 Å². The molecule has 4 nitrogen and oxygen atoms in total. The molecule has 0 bridgehead atoms. The van der Waals surface area contributed by atoms with Gasteiger partial charge in [0.25, 0.3) is 0 Å². The zero-order valence-corrected chi connectivity index (χ0v) is 13.5. The molecule has 0 spiro atoms. The van der Waals surface area contributed by atoms with Gasteiger partial charge >= 0.3 is 0 Å². The van der Waals surface area contributed by atoms with E-state index in [0.717, 1.165) is 30.3 Å². The van der Waals surface area contributed by atoms with Crippen molar-refractivity contribution in [3.05, 3.63) is 53.6 Å². The highest BCUT2D eigenvalue weighted by Gasteiger charge is 2.14. The van der Waals surface area contributed by atoms with Crippen molar-refractivity contribution in [2.45, 2.75) is 13.1 Å². The van der Waals surface area contributed by atoms with E-state index >= 15 is 0 Å². The van der Waals surface area contributed by atoms with Gasteiger partial charge in [-0.2, -0.15) is 0 Å². The van der Waals surface area contributed by atoms with E-state index in [0.29, 0.717) is 6.79 Å². The SMILES string of the molecule is COc1ccc(C[NH+](C)Cc2ccc3c(c2)OCO3)cc1.[Cl-]. The van der Waals surface area contributed by atoms with Gasteiger partial charge in [-0.05, 0) is 42.5 Å². The molecule has 22 heavy (non-hydrogen) atoms. The first-order valence-corrected chi connectivity index (χ1v) is 7.07. The molecule has 1 aliphatic rings. The fourth-order valence-electron chi connectivity index (χ4n) is 2.55. The lowest BCUT2D eigenvalue weighted by Crippen LogP contribution is -3.06. The molecule has 1 heterocycles. The van der Waals surface area contributed by atoms with Gasteiger partial charge in [-0.15, -0.1) is 0 Å². The Morgan fingerprint density at radius 3 is 2.32 bits per heavy atom. The lowest BCUT2D eigenvalue weighted by atomic mass is 10.1. The first kappa shape index (κ1) is 16.5. The molecule has 0 aromatic heterocycles. The number of quaternary nitrogens is 1. The van der Waals surface area contributed by atoms with E-state index in [1.807, 2.05) is 18.2 Å². The largest absolute Gasteiger partial charge is 1.00 e. The number of hydrogen-bond acceptors (Lipinski definition) is 3. The van der Waals surface area contributed by atoms with Crippen LogP contribution in [0.3, 0.4) is 0 Å². The summed E-state index contributed by atoms with van der Waals surface area (Å²) < 4.78 is 15.9. The third-order valence-corrected chi connectivity index (χ3v) is 3.61. The lowest BCUT2D eigenvalue weighted by Gasteiger charge is -2.14. The molecule has 1 N–H and O–H groups in total. The zero-order chi connectivity index (χ0) is 14.7. The number of methoxy groups -OCH3 is 1. The average Bonchev–Trinajstić information content (AvgIpc) is 2.95. The molecule has 2 aromatic rings. The van der Waals surface area contributed by atoms with Crippen molar-refractivity contribution in [1.82, 2.24) is 0 Å². The van der Waals surface area contributed by atoms with Crippen LogP contribution in [0.25, 0.3) is 0 Å². The standard InChI is InChI=1S/C17H19NO3.ClH/c1-18(10-13-3-6-15(19-2)7-4-13)11-14-5-8-16-17(9-14)21-12-20-16;/h3-9H,10-12H2,1-2H3;1H. The summed E-state index contributed by atoms with van der Waals surface area (Å²) in [7, 11) is 3.88. The third kappa shape index (κ3) is 3.84. The van der Waals surface area contributed by atoms with Crippen molar-refractivity contribution in [2.24, 2.45) is 0 Å². The van der Waals surface area contributed by atoms with Crippen molar-refractivity contribution in [2.75, 3.05) is 21.0 Å². The predicted molar refractivity (Wildman–Crippen MR) is 79.9 cm³/mol. The summed E-state index contributed by atoms with van der Waals surface area (Å²) in [5.41, 5.74) is 2.55. The van der Waals surface area contributed by atoms with Crippen molar-refractivity contribution in [3.8, 4) is 17.2 Å². The van der Waals surface area contributed by atoms with Crippen LogP contribution in [0.4, 0.5) is 0 Å². The molecular weight excluding hydrogens is 302 g/mol. The van der Waals surface area contributed by atoms with Gasteiger partial charge < -0.3 is 31.5 Å². The predicted octanol–water partition coefficient (Wildman–Crippen LogP) is -1.36. The molecular formula is C17H20ClNO3. The Hall–Kier alpha value is -1.91. The minimum atomic E-state index is 0. The maximum absolute atomic E-state index is 5.42. The van der Waals surface area contributed by atoms with Crippen molar-refractivity contribution in [3.63, 3.8) is 0 Å². The highest BCUT2D eigenvalue weighted by atomic mass is 35.5. The van der Waals surface area contributed by atoms with Gasteiger partial charge in [0.15, 0.2) is 11.5 Å². The van der Waals surface area contributed by atoms with E-state index in [9.17, 15) is 0 Å². The fourth-order valence-corrected chi connectivity index (χ4v) is 2.55. The van der Waals surface area contributed by atoms with Gasteiger partial charge in [0.1, 0.15) is 18.8 Å². The molecule has 0 saturated heterocycles. The number of benzene rings is 2. The van der Waals surface area contributed by atoms with Crippen molar-refractivity contribution >= 4 is 0 Å². The summed E-state index contributed by atoms with van der Waals surface area (Å²) in [4.78, 5) is 1.42. The van der Waals surface area contributed by atoms with E-state index in [-0.39, 0.29) is 12.4 Å². The summed E-state index contributed by atoms with van der Waals surface area (Å²) >= 11 is 0. The second-order valence-corrected chi connectivity index (χ2v) is 5.35. The van der Waals surface area contributed by atoms with Crippen molar-refractivity contribution < 1.29 is 31.5 Å². The highest BCUT2D eigenvalue weighted by Crippen LogP contribution is 2.32. The molecule has 0 radical (unpaired) electrons. The molecule has 1 unspecified atom stereocenters. The number of hydrogen-bond donors (Lipinski definition) is 1. The molecule has 2 aromatic carbocycles. The van der Waals surface area contributed by atoms with Gasteiger partial charge in [-0.3, -0.25) is 0 Å². The number of halogens is 1. The second-order valence-electron chi connectivity index (χ2n) is 5.35. The molecule has 118 valence electrons. The van der Waals surface area contributed by atoms with Crippen LogP contribution in [0.1, 0.15) is 11.1 Å². The quantitative estimate of drug-likeness (QED) is 0.738. The van der Waals surface area contributed by atoms with Crippen LogP contribution in [0.2, 0.25) is 0 Å². The van der Waals surface area contributed by atoms with Crippen LogP contribution in [-0.2, 0) is 13.1 Å². The molecule has 0 aliphatic carbocycles. The van der Waals surface area contributed by atoms with Crippen LogP contribution in [0, 0.1) is 0 Å². The Morgan fingerprint density at radius 1 is 0.955 bits per heavy atom. The van der Waals surface area contributed by atoms with E-state index in [4.69, 9.17) is 14.2 Å². The van der Waals surface area contributed by atoms with E-state index in [1.165, 1.54) is 16.0 Å². The molecule has 1 atom stereocenters. The summed E-state index contributed by atoms with van der Waals surface area (Å²) in [5, 5.41) is 0. The monoisotopic (exact) mass is 321 g/mol. The Kier molecular flexibility index (Phi) is 5.52. The highest BCUT2D eigenvalue weighted by molar-refractivity contribution is 5.44. The van der Waals surface area contributed by atoms with Gasteiger partial charge in [-0.1, -0.05) is 0 Å². The Bertz CT molecular complexity index is 616. The topological polar surface area (TPSA) is 32.1 Å². The molecule has 0 saturated carbocycles. The Balaban J connectivity index is 0.00000176. The first-order valence-electron chi connectivity index (χ1n) is 7.07. The maximum Gasteiger partial charge on any atom is 0.231 e. The smallest absolute Gasteiger partial charge is 0.231 e. The molecule has 1 aliphatic heterocycles. The summed E-state index contributed by atoms with van der Waals surface area (Å²) in [6.07, 6.45) is 0. The lowest BCUT2D eigenvalue weighted by molar-refractivity contribution is -0.907. The minimum absolute atomic E-state index is 0. The summed E-state index contributed by atoms with van der Waals surface area (Å²) in [5.74, 6) is 2.59. The number of ether oxygens (including phenoxy) is 3. The van der Waals surface area contributed by atoms with Gasteiger partial charge in [-0.25, -0.2) is 0 Å². The normalized spacial score (nSPS) is 13.4. The van der Waals surface area contributed by atoms with Gasteiger partial charge in [0.2, 0.25) is 6.79 Å². The molecule has 0 amide bonds. The molecule has 3 rings (SSSR count).